The molecule has 4 aromatic heterocycles. The summed E-state index contributed by atoms with van der Waals surface area (Å²) in [5.74, 6) is -3.41. The first-order chi connectivity index (χ1) is 17.3. The van der Waals surface area contributed by atoms with E-state index >= 15 is 8.78 Å². The second-order valence-corrected chi connectivity index (χ2v) is 8.71. The zero-order chi connectivity index (χ0) is 25.0. The van der Waals surface area contributed by atoms with E-state index in [-0.39, 0.29) is 6.54 Å². The summed E-state index contributed by atoms with van der Waals surface area (Å²) >= 11 is 0. The summed E-state index contributed by atoms with van der Waals surface area (Å²) in [6.07, 6.45) is 5.44. The van der Waals surface area contributed by atoms with E-state index in [0.717, 1.165) is 34.6 Å². The quantitative estimate of drug-likeness (QED) is 0.380. The highest BCUT2D eigenvalue weighted by Gasteiger charge is 2.43. The van der Waals surface area contributed by atoms with E-state index in [4.69, 9.17) is 0 Å². The van der Waals surface area contributed by atoms with Gasteiger partial charge in [0.25, 0.3) is 0 Å². The number of aryl methyl sites for hydroxylation is 3. The molecule has 1 aromatic carbocycles. The maximum Gasteiger partial charge on any atom is 0.334 e. The molecule has 1 aliphatic heterocycles. The number of hydrogen-bond donors (Lipinski definition) is 1. The molecule has 0 atom stereocenters. The highest BCUT2D eigenvalue weighted by Crippen LogP contribution is 2.39. The number of fused-ring (bicyclic) bond motifs is 3. The van der Waals surface area contributed by atoms with Crippen LogP contribution in [0.3, 0.4) is 0 Å². The first kappa shape index (κ1) is 22.1. The average Bonchev–Trinajstić information content (AvgIpc) is 3.58. The van der Waals surface area contributed by atoms with Gasteiger partial charge in [0.2, 0.25) is 5.82 Å². The van der Waals surface area contributed by atoms with Gasteiger partial charge in [-0.1, -0.05) is 12.1 Å². The highest BCUT2D eigenvalue weighted by atomic mass is 19.3. The van der Waals surface area contributed by atoms with Crippen LogP contribution < -0.4 is 5.32 Å². The van der Waals surface area contributed by atoms with Crippen LogP contribution in [0.25, 0.3) is 22.6 Å². The van der Waals surface area contributed by atoms with E-state index in [1.54, 1.807) is 17.1 Å². The van der Waals surface area contributed by atoms with Gasteiger partial charge in [0, 0.05) is 44.2 Å². The molecule has 8 nitrogen and oxygen atoms in total. The number of anilines is 2. The van der Waals surface area contributed by atoms with Crippen LogP contribution in [0.4, 0.5) is 24.8 Å². The van der Waals surface area contributed by atoms with Gasteiger partial charge < -0.3 is 14.5 Å². The van der Waals surface area contributed by atoms with Crippen LogP contribution in [-0.2, 0) is 26.1 Å². The molecule has 0 bridgehead atoms. The number of nitrogens with one attached hydrogen (secondary N) is 1. The topological polar surface area (TPSA) is 78.4 Å². The fraction of sp³-hybridized carbons (Fsp3) is 0.200. The fourth-order valence-electron chi connectivity index (χ4n) is 4.54. The predicted octanol–water partition coefficient (Wildman–Crippen LogP) is 4.89. The molecule has 0 radical (unpaired) electrons. The summed E-state index contributed by atoms with van der Waals surface area (Å²) in [5, 5.41) is 15.3. The van der Waals surface area contributed by atoms with Crippen LogP contribution in [0, 0.1) is 12.7 Å². The molecule has 6 rings (SSSR count). The number of halogens is 3. The van der Waals surface area contributed by atoms with E-state index in [1.807, 2.05) is 42.9 Å². The van der Waals surface area contributed by atoms with Crippen LogP contribution in [0.1, 0.15) is 17.0 Å². The Bertz CT molecular complexity index is 1600. The lowest BCUT2D eigenvalue weighted by molar-refractivity contribution is 0.0245. The Kier molecular flexibility index (Phi) is 4.95. The summed E-state index contributed by atoms with van der Waals surface area (Å²) in [4.78, 5) is 4.47. The SMILES string of the molecule is Cc1cnc(Nc2ccnn2C)cc1-c1cc2n(c1)CCn1c-2nnc1C(F)(F)c1ccccc1F. The minimum Gasteiger partial charge on any atom is -0.342 e. The minimum atomic E-state index is -3.62. The van der Waals surface area contributed by atoms with Crippen molar-refractivity contribution in [2.45, 2.75) is 25.9 Å². The molecule has 0 aliphatic carbocycles. The third-order valence-corrected chi connectivity index (χ3v) is 6.43. The Morgan fingerprint density at radius 2 is 1.89 bits per heavy atom. The Morgan fingerprint density at radius 3 is 2.67 bits per heavy atom. The Morgan fingerprint density at radius 1 is 1.06 bits per heavy atom. The summed E-state index contributed by atoms with van der Waals surface area (Å²) in [7, 11) is 1.83. The van der Waals surface area contributed by atoms with Crippen LogP contribution in [0.5, 0.6) is 0 Å². The normalized spacial score (nSPS) is 12.9. The van der Waals surface area contributed by atoms with Crippen molar-refractivity contribution in [1.29, 1.82) is 0 Å². The largest absolute Gasteiger partial charge is 0.342 e. The molecule has 0 spiro atoms. The van der Waals surface area contributed by atoms with Crippen molar-refractivity contribution in [1.82, 2.24) is 34.1 Å². The van der Waals surface area contributed by atoms with Gasteiger partial charge in [0.05, 0.1) is 17.5 Å². The number of alkyl halides is 2. The zero-order valence-electron chi connectivity index (χ0n) is 19.5. The molecule has 36 heavy (non-hydrogen) atoms. The average molecular weight is 490 g/mol. The molecule has 0 unspecified atom stereocenters. The van der Waals surface area contributed by atoms with E-state index < -0.39 is 23.1 Å². The Hall–Kier alpha value is -4.41. The standard InChI is InChI=1S/C25H21F3N8/c1-15-13-29-21(31-22-7-8-30-34(22)2)12-17(15)16-11-20-23-32-33-24(36(23)10-9-35(20)14-16)25(27,28)18-5-3-4-6-19(18)26/h3-8,11-14H,9-10H2,1-2H3,(H,29,31). The third kappa shape index (κ3) is 3.46. The molecular formula is C25H21F3N8. The number of hydrogen-bond acceptors (Lipinski definition) is 5. The summed E-state index contributed by atoms with van der Waals surface area (Å²) in [5.41, 5.74) is 2.75. The maximum absolute atomic E-state index is 15.3. The van der Waals surface area contributed by atoms with Crippen LogP contribution >= 0.6 is 0 Å². The van der Waals surface area contributed by atoms with Gasteiger partial charge in [-0.05, 0) is 42.3 Å². The van der Waals surface area contributed by atoms with Crippen molar-refractivity contribution in [3.05, 3.63) is 83.8 Å². The molecule has 1 aliphatic rings. The number of nitrogens with zero attached hydrogens (tertiary/aromatic N) is 7. The van der Waals surface area contributed by atoms with Crippen molar-refractivity contribution >= 4 is 11.6 Å². The molecule has 182 valence electrons. The molecule has 5 heterocycles. The number of pyridine rings is 1. The van der Waals surface area contributed by atoms with Crippen LogP contribution in [-0.4, -0.2) is 34.1 Å². The fourth-order valence-corrected chi connectivity index (χ4v) is 4.54. The molecule has 0 amide bonds. The first-order valence-electron chi connectivity index (χ1n) is 11.3. The zero-order valence-corrected chi connectivity index (χ0v) is 19.5. The van der Waals surface area contributed by atoms with Crippen molar-refractivity contribution in [2.75, 3.05) is 5.32 Å². The van der Waals surface area contributed by atoms with E-state index in [1.165, 1.54) is 16.7 Å². The lowest BCUT2D eigenvalue weighted by atomic mass is 10.1. The highest BCUT2D eigenvalue weighted by molar-refractivity contribution is 5.75. The molecule has 1 N–H and O–H groups in total. The van der Waals surface area contributed by atoms with Gasteiger partial charge in [0.1, 0.15) is 17.5 Å². The van der Waals surface area contributed by atoms with Crippen molar-refractivity contribution in [3.63, 3.8) is 0 Å². The van der Waals surface area contributed by atoms with Crippen molar-refractivity contribution < 1.29 is 13.2 Å². The second kappa shape index (κ2) is 8.08. The number of benzene rings is 1. The van der Waals surface area contributed by atoms with Gasteiger partial charge in [-0.15, -0.1) is 10.2 Å². The van der Waals surface area contributed by atoms with Crippen LogP contribution in [0.2, 0.25) is 0 Å². The lowest BCUT2D eigenvalue weighted by Gasteiger charge is -2.22. The van der Waals surface area contributed by atoms with Gasteiger partial charge in [-0.25, -0.2) is 9.37 Å². The molecular weight excluding hydrogens is 469 g/mol. The smallest absolute Gasteiger partial charge is 0.334 e. The molecule has 11 heteroatoms. The summed E-state index contributed by atoms with van der Waals surface area (Å²) in [6, 6.07) is 10.5. The van der Waals surface area contributed by atoms with Gasteiger partial charge in [-0.3, -0.25) is 4.68 Å². The summed E-state index contributed by atoms with van der Waals surface area (Å²) < 4.78 is 49.9. The minimum absolute atomic E-state index is 0.242. The predicted molar refractivity (Wildman–Crippen MR) is 127 cm³/mol. The molecule has 0 saturated carbocycles. The molecule has 0 saturated heterocycles. The van der Waals surface area contributed by atoms with Crippen LogP contribution in [0.15, 0.2) is 61.1 Å². The van der Waals surface area contributed by atoms with Crippen molar-refractivity contribution in [3.8, 4) is 22.6 Å². The summed E-state index contributed by atoms with van der Waals surface area (Å²) in [6.45, 7) is 2.65. The monoisotopic (exact) mass is 490 g/mol. The number of rotatable bonds is 5. The molecule has 5 aromatic rings. The lowest BCUT2D eigenvalue weighted by Crippen LogP contribution is -2.26. The maximum atomic E-state index is 15.3. The van der Waals surface area contributed by atoms with Gasteiger partial charge in [-0.2, -0.15) is 13.9 Å². The first-order valence-corrected chi connectivity index (χ1v) is 11.3. The van der Waals surface area contributed by atoms with E-state index in [9.17, 15) is 4.39 Å². The van der Waals surface area contributed by atoms with E-state index in [0.29, 0.717) is 23.9 Å². The number of aromatic nitrogens is 7. The Labute approximate surface area is 204 Å². The van der Waals surface area contributed by atoms with Gasteiger partial charge >= 0.3 is 5.92 Å². The van der Waals surface area contributed by atoms with Crippen molar-refractivity contribution in [2.24, 2.45) is 7.05 Å². The second-order valence-electron chi connectivity index (χ2n) is 8.71. The van der Waals surface area contributed by atoms with E-state index in [2.05, 4.69) is 25.6 Å². The Balaban J connectivity index is 1.38. The van der Waals surface area contributed by atoms with Gasteiger partial charge in [0.15, 0.2) is 5.82 Å². The third-order valence-electron chi connectivity index (χ3n) is 6.43. The molecule has 0 fully saturated rings.